The first-order valence-electron chi connectivity index (χ1n) is 26.1. The summed E-state index contributed by atoms with van der Waals surface area (Å²) < 4.78 is 0. The Morgan fingerprint density at radius 2 is 0.707 bits per heavy atom. The monoisotopic (exact) mass is 956 g/mol. The molecule has 0 bridgehead atoms. The maximum Gasteiger partial charge on any atom is 0.0468 e. The lowest BCUT2D eigenvalue weighted by Crippen LogP contribution is -2.14. The molecule has 13 aromatic carbocycles. The van der Waals surface area contributed by atoms with E-state index in [9.17, 15) is 0 Å². The average Bonchev–Trinajstić information content (AvgIpc) is 3.73. The van der Waals surface area contributed by atoms with Gasteiger partial charge in [-0.15, -0.1) is 0 Å². The molecular formula is C73H52N2. The third-order valence-corrected chi connectivity index (χ3v) is 15.8. The first-order valence-corrected chi connectivity index (χ1v) is 26.1. The van der Waals surface area contributed by atoms with Gasteiger partial charge in [-0.05, 0) is 178 Å². The van der Waals surface area contributed by atoms with Crippen LogP contribution in [0.3, 0.4) is 0 Å². The van der Waals surface area contributed by atoms with E-state index in [1.54, 1.807) is 0 Å². The second kappa shape index (κ2) is 17.9. The molecule has 14 rings (SSSR count). The van der Waals surface area contributed by atoms with Crippen LogP contribution in [0.4, 0.5) is 34.1 Å². The molecule has 1 aliphatic rings. The lowest BCUT2D eigenvalue weighted by Gasteiger charge is -2.28. The first-order chi connectivity index (χ1) is 37.0. The number of benzene rings is 13. The van der Waals surface area contributed by atoms with Crippen molar-refractivity contribution in [3.63, 3.8) is 0 Å². The maximum absolute atomic E-state index is 2.45. The van der Waals surface area contributed by atoms with E-state index in [0.717, 1.165) is 39.7 Å². The van der Waals surface area contributed by atoms with Crippen LogP contribution in [0, 0.1) is 0 Å². The fourth-order valence-corrected chi connectivity index (χ4v) is 12.2. The Labute approximate surface area is 438 Å². The average molecular weight is 957 g/mol. The van der Waals surface area contributed by atoms with Crippen molar-refractivity contribution in [3.8, 4) is 44.5 Å². The van der Waals surface area contributed by atoms with Crippen LogP contribution in [-0.2, 0) is 5.41 Å². The number of nitrogens with zero attached hydrogens (tertiary/aromatic N) is 2. The Morgan fingerprint density at radius 3 is 1.39 bits per heavy atom. The summed E-state index contributed by atoms with van der Waals surface area (Å²) in [7, 11) is 0. The molecule has 75 heavy (non-hydrogen) atoms. The molecule has 354 valence electrons. The largest absolute Gasteiger partial charge is 0.310 e. The van der Waals surface area contributed by atoms with Crippen molar-refractivity contribution in [1.82, 2.24) is 0 Å². The molecule has 13 aromatic rings. The standard InChI is InChI=1S/C73H52N2/c1-73(2)69-32-17-16-30-62(69)63-42-38-54(46-70(63)73)50-33-35-52(36-34-50)71-65-43-40-60(75(57-27-10-5-11-28-57)58-39-37-49-19-12-13-21-53(49)45-58)48-68(65)72(64-31-18-22-51-20-14-15-29-61(51)64)66-44-41-59(47-67(66)71)74(55-23-6-3-7-24-55)56-25-8-4-9-26-56/h3-48H,1-2H3. The van der Waals surface area contributed by atoms with Gasteiger partial charge < -0.3 is 9.80 Å². The van der Waals surface area contributed by atoms with Crippen molar-refractivity contribution < 1.29 is 0 Å². The minimum Gasteiger partial charge on any atom is -0.310 e. The summed E-state index contributed by atoms with van der Waals surface area (Å²) in [6.07, 6.45) is 0. The zero-order valence-corrected chi connectivity index (χ0v) is 42.0. The molecule has 0 heterocycles. The summed E-state index contributed by atoms with van der Waals surface area (Å²) in [6.45, 7) is 4.72. The van der Waals surface area contributed by atoms with Gasteiger partial charge in [-0.3, -0.25) is 0 Å². The van der Waals surface area contributed by atoms with Crippen molar-refractivity contribution in [2.75, 3.05) is 9.80 Å². The number of anilines is 6. The van der Waals surface area contributed by atoms with E-state index < -0.39 is 0 Å². The quantitative estimate of drug-likeness (QED) is 0.133. The SMILES string of the molecule is CC1(C)c2ccccc2-c2ccc(-c3ccc(-c4c5cc(N(c6ccccc6)c6ccccc6)ccc5c(-c5cccc6ccccc56)c5cc(N(c6ccccc6)c6ccc7ccccc7c6)ccc45)cc3)cc21. The van der Waals surface area contributed by atoms with Crippen LogP contribution in [0.25, 0.3) is 87.6 Å². The summed E-state index contributed by atoms with van der Waals surface area (Å²) in [4.78, 5) is 4.79. The van der Waals surface area contributed by atoms with E-state index in [2.05, 4.69) is 303 Å². The summed E-state index contributed by atoms with van der Waals surface area (Å²) in [6, 6.07) is 103. The molecule has 0 atom stereocenters. The van der Waals surface area contributed by atoms with Gasteiger partial charge >= 0.3 is 0 Å². The highest BCUT2D eigenvalue weighted by Gasteiger charge is 2.35. The Balaban J connectivity index is 1.04. The zero-order chi connectivity index (χ0) is 50.0. The smallest absolute Gasteiger partial charge is 0.0468 e. The number of fused-ring (bicyclic) bond motifs is 7. The van der Waals surface area contributed by atoms with Crippen molar-refractivity contribution in [2.24, 2.45) is 0 Å². The van der Waals surface area contributed by atoms with Gasteiger partial charge in [0.2, 0.25) is 0 Å². The molecule has 2 nitrogen and oxygen atoms in total. The van der Waals surface area contributed by atoms with Gasteiger partial charge in [0.05, 0.1) is 0 Å². The molecule has 0 fully saturated rings. The molecule has 0 saturated heterocycles. The van der Waals surface area contributed by atoms with Crippen LogP contribution in [0.15, 0.2) is 279 Å². The summed E-state index contributed by atoms with van der Waals surface area (Å²) >= 11 is 0. The first kappa shape index (κ1) is 44.2. The van der Waals surface area contributed by atoms with E-state index in [0.29, 0.717) is 0 Å². The minimum atomic E-state index is -0.0835. The molecule has 1 aliphatic carbocycles. The lowest BCUT2D eigenvalue weighted by atomic mass is 9.81. The van der Waals surface area contributed by atoms with Crippen LogP contribution in [0.2, 0.25) is 0 Å². The molecular weight excluding hydrogens is 905 g/mol. The Kier molecular flexibility index (Phi) is 10.6. The fraction of sp³-hybridized carbons (Fsp3) is 0.0411. The van der Waals surface area contributed by atoms with Gasteiger partial charge in [0.25, 0.3) is 0 Å². The molecule has 0 aromatic heterocycles. The predicted molar refractivity (Wildman–Crippen MR) is 320 cm³/mol. The molecule has 0 aliphatic heterocycles. The molecule has 0 N–H and O–H groups in total. The predicted octanol–water partition coefficient (Wildman–Crippen LogP) is 20.5. The van der Waals surface area contributed by atoms with Crippen LogP contribution in [0.1, 0.15) is 25.0 Å². The lowest BCUT2D eigenvalue weighted by molar-refractivity contribution is 0.660. The van der Waals surface area contributed by atoms with Gasteiger partial charge in [-0.2, -0.15) is 0 Å². The highest BCUT2D eigenvalue weighted by atomic mass is 15.1. The number of hydrogen-bond donors (Lipinski definition) is 0. The molecule has 2 heteroatoms. The summed E-state index contributed by atoms with van der Waals surface area (Å²) in [5.74, 6) is 0. The number of hydrogen-bond acceptors (Lipinski definition) is 2. The number of para-hydroxylation sites is 3. The molecule has 0 unspecified atom stereocenters. The minimum absolute atomic E-state index is 0.0835. The van der Waals surface area contributed by atoms with E-state index in [-0.39, 0.29) is 5.41 Å². The number of rotatable bonds is 9. The van der Waals surface area contributed by atoms with Gasteiger partial charge in [0.1, 0.15) is 0 Å². The molecule has 0 spiro atoms. The van der Waals surface area contributed by atoms with Crippen molar-refractivity contribution in [2.45, 2.75) is 19.3 Å². The van der Waals surface area contributed by atoms with Gasteiger partial charge in [-0.1, -0.05) is 214 Å². The second-order valence-electron chi connectivity index (χ2n) is 20.5. The molecule has 0 saturated carbocycles. The molecule has 0 amide bonds. The van der Waals surface area contributed by atoms with Crippen LogP contribution in [0.5, 0.6) is 0 Å². The Bertz CT molecular complexity index is 4270. The Morgan fingerprint density at radius 1 is 0.240 bits per heavy atom. The van der Waals surface area contributed by atoms with E-state index in [1.807, 2.05) is 0 Å². The van der Waals surface area contributed by atoms with Crippen LogP contribution >= 0.6 is 0 Å². The summed E-state index contributed by atoms with van der Waals surface area (Å²) in [5.41, 5.74) is 19.2. The Hall–Kier alpha value is -9.50. The van der Waals surface area contributed by atoms with E-state index in [1.165, 1.54) is 93.2 Å². The normalized spacial score (nSPS) is 12.5. The summed E-state index contributed by atoms with van der Waals surface area (Å²) in [5, 5.41) is 9.61. The zero-order valence-electron chi connectivity index (χ0n) is 42.0. The third kappa shape index (κ3) is 7.48. The van der Waals surface area contributed by atoms with Crippen LogP contribution in [-0.4, -0.2) is 0 Å². The van der Waals surface area contributed by atoms with Gasteiger partial charge in [0.15, 0.2) is 0 Å². The fourth-order valence-electron chi connectivity index (χ4n) is 12.2. The topological polar surface area (TPSA) is 6.48 Å². The van der Waals surface area contributed by atoms with E-state index in [4.69, 9.17) is 0 Å². The van der Waals surface area contributed by atoms with Crippen molar-refractivity contribution in [1.29, 1.82) is 0 Å². The third-order valence-electron chi connectivity index (χ3n) is 15.8. The van der Waals surface area contributed by atoms with Crippen molar-refractivity contribution in [3.05, 3.63) is 290 Å². The molecule has 0 radical (unpaired) electrons. The van der Waals surface area contributed by atoms with Gasteiger partial charge in [-0.25, -0.2) is 0 Å². The maximum atomic E-state index is 2.45. The van der Waals surface area contributed by atoms with Crippen molar-refractivity contribution >= 4 is 77.2 Å². The second-order valence-corrected chi connectivity index (χ2v) is 20.5. The van der Waals surface area contributed by atoms with Gasteiger partial charge in [0, 0.05) is 39.5 Å². The van der Waals surface area contributed by atoms with Crippen LogP contribution < -0.4 is 9.80 Å². The van der Waals surface area contributed by atoms with E-state index >= 15 is 0 Å². The highest BCUT2D eigenvalue weighted by molar-refractivity contribution is 6.24. The highest BCUT2D eigenvalue weighted by Crippen LogP contribution is 2.52.